The van der Waals surface area contributed by atoms with Gasteiger partial charge in [-0.15, -0.1) is 0 Å². The van der Waals surface area contributed by atoms with Gasteiger partial charge in [-0.05, 0) is 53.5 Å². The fraction of sp³-hybridized carbons (Fsp3) is 0.308. The van der Waals surface area contributed by atoms with Crippen LogP contribution in [0.25, 0.3) is 0 Å². The van der Waals surface area contributed by atoms with Crippen LogP contribution in [0.5, 0.6) is 0 Å². The van der Waals surface area contributed by atoms with Crippen LogP contribution in [0, 0.1) is 6.92 Å². The molecule has 17 heavy (non-hydrogen) atoms. The summed E-state index contributed by atoms with van der Waals surface area (Å²) in [6.07, 6.45) is 4.39. The van der Waals surface area contributed by atoms with Crippen LogP contribution in [0.3, 0.4) is 0 Å². The SMILES string of the molecule is Cc1cc(NC(C)Cc2ccco2)cnc1Br. The molecule has 0 fully saturated rings. The smallest absolute Gasteiger partial charge is 0.109 e. The number of aryl methyl sites for hydroxylation is 1. The second-order valence-corrected chi connectivity index (χ2v) is 4.91. The molecule has 0 saturated carbocycles. The number of pyridine rings is 1. The molecule has 0 bridgehead atoms. The predicted octanol–water partition coefficient (Wildman–Crippen LogP) is 3.79. The van der Waals surface area contributed by atoms with E-state index >= 15 is 0 Å². The maximum absolute atomic E-state index is 5.32. The number of halogens is 1. The number of anilines is 1. The predicted molar refractivity (Wildman–Crippen MR) is 72.2 cm³/mol. The Bertz CT molecular complexity index is 482. The summed E-state index contributed by atoms with van der Waals surface area (Å²) in [5.74, 6) is 0.992. The van der Waals surface area contributed by atoms with E-state index in [0.717, 1.165) is 28.0 Å². The largest absolute Gasteiger partial charge is 0.469 e. The van der Waals surface area contributed by atoms with E-state index in [-0.39, 0.29) is 0 Å². The number of hydrogen-bond acceptors (Lipinski definition) is 3. The molecular weight excluding hydrogens is 280 g/mol. The zero-order chi connectivity index (χ0) is 12.3. The van der Waals surface area contributed by atoms with Crippen LogP contribution in [-0.4, -0.2) is 11.0 Å². The summed E-state index contributed by atoms with van der Waals surface area (Å²) in [6.45, 7) is 4.15. The highest BCUT2D eigenvalue weighted by Gasteiger charge is 2.06. The molecule has 1 unspecified atom stereocenters. The monoisotopic (exact) mass is 294 g/mol. The second-order valence-electron chi connectivity index (χ2n) is 4.16. The number of furan rings is 1. The Hall–Kier alpha value is -1.29. The zero-order valence-electron chi connectivity index (χ0n) is 9.90. The highest BCUT2D eigenvalue weighted by atomic mass is 79.9. The molecule has 90 valence electrons. The lowest BCUT2D eigenvalue weighted by atomic mass is 10.2. The minimum atomic E-state index is 0.309. The first-order chi connectivity index (χ1) is 8.15. The van der Waals surface area contributed by atoms with Crippen LogP contribution in [-0.2, 0) is 6.42 Å². The van der Waals surface area contributed by atoms with Crippen molar-refractivity contribution in [3.63, 3.8) is 0 Å². The van der Waals surface area contributed by atoms with E-state index in [1.54, 1.807) is 6.26 Å². The van der Waals surface area contributed by atoms with E-state index in [9.17, 15) is 0 Å². The zero-order valence-corrected chi connectivity index (χ0v) is 11.5. The molecule has 2 rings (SSSR count). The van der Waals surface area contributed by atoms with Crippen molar-refractivity contribution in [3.05, 3.63) is 46.6 Å². The molecule has 0 spiro atoms. The molecule has 1 atom stereocenters. The lowest BCUT2D eigenvalue weighted by Gasteiger charge is -2.14. The molecule has 0 radical (unpaired) electrons. The summed E-state index contributed by atoms with van der Waals surface area (Å²) < 4.78 is 6.21. The van der Waals surface area contributed by atoms with Crippen LogP contribution in [0.15, 0.2) is 39.7 Å². The molecule has 3 nitrogen and oxygen atoms in total. The molecular formula is C13H15BrN2O. The van der Waals surface area contributed by atoms with Gasteiger partial charge in [0, 0.05) is 12.5 Å². The lowest BCUT2D eigenvalue weighted by Crippen LogP contribution is -2.17. The van der Waals surface area contributed by atoms with Gasteiger partial charge < -0.3 is 9.73 Å². The molecule has 2 aromatic rings. The van der Waals surface area contributed by atoms with Gasteiger partial charge in [-0.25, -0.2) is 4.98 Å². The third-order valence-electron chi connectivity index (χ3n) is 2.51. The molecule has 1 N–H and O–H groups in total. The Morgan fingerprint density at radius 1 is 1.53 bits per heavy atom. The van der Waals surface area contributed by atoms with Gasteiger partial charge in [-0.3, -0.25) is 0 Å². The third kappa shape index (κ3) is 3.33. The van der Waals surface area contributed by atoms with E-state index < -0.39 is 0 Å². The molecule has 0 amide bonds. The van der Waals surface area contributed by atoms with Gasteiger partial charge in [0.25, 0.3) is 0 Å². The van der Waals surface area contributed by atoms with E-state index in [0.29, 0.717) is 6.04 Å². The fourth-order valence-electron chi connectivity index (χ4n) is 1.70. The van der Waals surface area contributed by atoms with Crippen LogP contribution in [0.2, 0.25) is 0 Å². The van der Waals surface area contributed by atoms with Crippen molar-refractivity contribution in [2.45, 2.75) is 26.3 Å². The first-order valence-electron chi connectivity index (χ1n) is 5.56. The molecule has 0 aromatic carbocycles. The summed E-state index contributed by atoms with van der Waals surface area (Å²) in [5, 5.41) is 3.40. The van der Waals surface area contributed by atoms with Crippen molar-refractivity contribution < 1.29 is 4.42 Å². The van der Waals surface area contributed by atoms with Crippen molar-refractivity contribution in [3.8, 4) is 0 Å². The minimum absolute atomic E-state index is 0.309. The molecule has 0 aliphatic heterocycles. The maximum Gasteiger partial charge on any atom is 0.109 e. The highest BCUT2D eigenvalue weighted by molar-refractivity contribution is 9.10. The standard InChI is InChI=1S/C13H15BrN2O/c1-9-6-11(8-15-13(9)14)16-10(2)7-12-4-3-5-17-12/h3-6,8,10,16H,7H2,1-2H3. The summed E-state index contributed by atoms with van der Waals surface area (Å²) in [4.78, 5) is 4.26. The number of nitrogens with zero attached hydrogens (tertiary/aromatic N) is 1. The summed E-state index contributed by atoms with van der Waals surface area (Å²) in [5.41, 5.74) is 2.16. The van der Waals surface area contributed by atoms with Crippen LogP contribution in [0.4, 0.5) is 5.69 Å². The Kier molecular flexibility index (Phi) is 3.84. The summed E-state index contributed by atoms with van der Waals surface area (Å²) in [7, 11) is 0. The van der Waals surface area contributed by atoms with Gasteiger partial charge in [0.1, 0.15) is 10.4 Å². The van der Waals surface area contributed by atoms with Crippen LogP contribution < -0.4 is 5.32 Å². The highest BCUT2D eigenvalue weighted by Crippen LogP contribution is 2.18. The number of rotatable bonds is 4. The van der Waals surface area contributed by atoms with E-state index in [2.05, 4.69) is 39.2 Å². The number of nitrogens with one attached hydrogen (secondary N) is 1. The van der Waals surface area contributed by atoms with E-state index in [1.165, 1.54) is 0 Å². The quantitative estimate of drug-likeness (QED) is 0.872. The van der Waals surface area contributed by atoms with Crippen LogP contribution >= 0.6 is 15.9 Å². The average Bonchev–Trinajstić information content (AvgIpc) is 2.76. The van der Waals surface area contributed by atoms with Gasteiger partial charge >= 0.3 is 0 Å². The van der Waals surface area contributed by atoms with Crippen molar-refractivity contribution in [2.24, 2.45) is 0 Å². The average molecular weight is 295 g/mol. The molecule has 2 aromatic heterocycles. The Morgan fingerprint density at radius 2 is 2.35 bits per heavy atom. The Morgan fingerprint density at radius 3 is 3.00 bits per heavy atom. The van der Waals surface area contributed by atoms with E-state index in [1.807, 2.05) is 25.3 Å². The third-order valence-corrected chi connectivity index (χ3v) is 3.35. The second kappa shape index (κ2) is 5.36. The number of aromatic nitrogens is 1. The van der Waals surface area contributed by atoms with Crippen molar-refractivity contribution in [2.75, 3.05) is 5.32 Å². The Balaban J connectivity index is 1.98. The molecule has 0 aliphatic rings. The minimum Gasteiger partial charge on any atom is -0.469 e. The molecule has 4 heteroatoms. The summed E-state index contributed by atoms with van der Waals surface area (Å²) in [6, 6.07) is 6.29. The maximum atomic E-state index is 5.32. The number of hydrogen-bond donors (Lipinski definition) is 1. The van der Waals surface area contributed by atoms with Crippen LogP contribution in [0.1, 0.15) is 18.2 Å². The first-order valence-corrected chi connectivity index (χ1v) is 6.35. The lowest BCUT2D eigenvalue weighted by molar-refractivity contribution is 0.498. The van der Waals surface area contributed by atoms with E-state index in [4.69, 9.17) is 4.42 Å². The first kappa shape index (κ1) is 12.2. The molecule has 0 saturated heterocycles. The topological polar surface area (TPSA) is 38.1 Å². The van der Waals surface area contributed by atoms with Gasteiger partial charge in [0.15, 0.2) is 0 Å². The fourth-order valence-corrected chi connectivity index (χ4v) is 1.92. The molecule has 2 heterocycles. The van der Waals surface area contributed by atoms with Gasteiger partial charge in [-0.2, -0.15) is 0 Å². The van der Waals surface area contributed by atoms with Crippen molar-refractivity contribution >= 4 is 21.6 Å². The normalized spacial score (nSPS) is 12.4. The van der Waals surface area contributed by atoms with Gasteiger partial charge in [0.2, 0.25) is 0 Å². The summed E-state index contributed by atoms with van der Waals surface area (Å²) >= 11 is 3.39. The Labute approximate surface area is 109 Å². The van der Waals surface area contributed by atoms with Gasteiger partial charge in [0.05, 0.1) is 18.1 Å². The van der Waals surface area contributed by atoms with Crippen molar-refractivity contribution in [1.29, 1.82) is 0 Å². The van der Waals surface area contributed by atoms with Crippen molar-refractivity contribution in [1.82, 2.24) is 4.98 Å². The van der Waals surface area contributed by atoms with Gasteiger partial charge in [-0.1, -0.05) is 0 Å². The molecule has 0 aliphatic carbocycles.